The van der Waals surface area contributed by atoms with Crippen LogP contribution in [-0.2, 0) is 0 Å². The van der Waals surface area contributed by atoms with Gasteiger partial charge in [0.1, 0.15) is 0 Å². The predicted molar refractivity (Wildman–Crippen MR) is 64.6 cm³/mol. The van der Waals surface area contributed by atoms with Crippen molar-refractivity contribution in [2.24, 2.45) is 11.8 Å². The maximum atomic E-state index is 3.86. The summed E-state index contributed by atoms with van der Waals surface area (Å²) in [6.45, 7) is 7.11. The quantitative estimate of drug-likeness (QED) is 0.717. The molecule has 1 aliphatic carbocycles. The van der Waals surface area contributed by atoms with Crippen molar-refractivity contribution in [3.8, 4) is 0 Å². The van der Waals surface area contributed by atoms with Gasteiger partial charge in [-0.2, -0.15) is 0 Å². The van der Waals surface area contributed by atoms with Crippen LogP contribution in [0.15, 0.2) is 0 Å². The van der Waals surface area contributed by atoms with Crippen LogP contribution >= 0.6 is 11.8 Å². The molecule has 1 spiro atoms. The van der Waals surface area contributed by atoms with E-state index < -0.39 is 0 Å². The largest absolute Gasteiger partial charge is 0.299 e. The summed E-state index contributed by atoms with van der Waals surface area (Å²) >= 11 is 2.20. The van der Waals surface area contributed by atoms with Crippen molar-refractivity contribution >= 4 is 11.8 Å². The van der Waals surface area contributed by atoms with E-state index in [0.717, 1.165) is 17.9 Å². The maximum absolute atomic E-state index is 3.86. The Bertz CT molecular complexity index is 200. The Hall–Kier alpha value is 0.310. The number of hydrogen-bond donors (Lipinski definition) is 1. The molecular weight excluding hydrogens is 190 g/mol. The van der Waals surface area contributed by atoms with Crippen LogP contribution in [0.25, 0.3) is 0 Å². The molecule has 0 aromatic heterocycles. The van der Waals surface area contributed by atoms with Gasteiger partial charge in [-0.15, -0.1) is 11.8 Å². The topological polar surface area (TPSA) is 12.0 Å². The van der Waals surface area contributed by atoms with Crippen LogP contribution in [0.2, 0.25) is 0 Å². The van der Waals surface area contributed by atoms with E-state index in [4.69, 9.17) is 0 Å². The van der Waals surface area contributed by atoms with Gasteiger partial charge >= 0.3 is 0 Å². The standard InChI is InChI=1S/C12H23NS/c1-9(2)11-6-4-5-7-12(11)13-10(3)8-14-12/h9-11,13H,4-8H2,1-3H3. The molecule has 1 N–H and O–H groups in total. The van der Waals surface area contributed by atoms with E-state index >= 15 is 0 Å². The third-order valence-electron chi connectivity index (χ3n) is 3.80. The maximum Gasteiger partial charge on any atom is 0.0678 e. The normalized spacial score (nSPS) is 43.7. The second-order valence-corrected chi connectivity index (χ2v) is 6.69. The summed E-state index contributed by atoms with van der Waals surface area (Å²) in [6, 6.07) is 0.722. The SMILES string of the molecule is CC1CSC2(CCCCC2C(C)C)N1. The lowest BCUT2D eigenvalue weighted by Crippen LogP contribution is -2.50. The number of thioether (sulfide) groups is 1. The molecule has 1 saturated carbocycles. The summed E-state index contributed by atoms with van der Waals surface area (Å²) in [6.07, 6.45) is 5.70. The average molecular weight is 213 g/mol. The van der Waals surface area contributed by atoms with Gasteiger partial charge in [-0.3, -0.25) is 5.32 Å². The summed E-state index contributed by atoms with van der Waals surface area (Å²) < 4.78 is 0. The van der Waals surface area contributed by atoms with Gasteiger partial charge in [-0.05, 0) is 31.6 Å². The lowest BCUT2D eigenvalue weighted by Gasteiger charge is -2.43. The van der Waals surface area contributed by atoms with E-state index in [9.17, 15) is 0 Å². The molecule has 1 aliphatic heterocycles. The number of hydrogen-bond acceptors (Lipinski definition) is 2. The number of rotatable bonds is 1. The van der Waals surface area contributed by atoms with Crippen molar-refractivity contribution in [3.05, 3.63) is 0 Å². The first-order valence-corrected chi connectivity index (χ1v) is 7.04. The van der Waals surface area contributed by atoms with Gasteiger partial charge in [-0.1, -0.05) is 26.7 Å². The van der Waals surface area contributed by atoms with Crippen molar-refractivity contribution < 1.29 is 0 Å². The minimum Gasteiger partial charge on any atom is -0.299 e. The minimum absolute atomic E-state index is 0.450. The molecule has 14 heavy (non-hydrogen) atoms. The van der Waals surface area contributed by atoms with Gasteiger partial charge in [0.25, 0.3) is 0 Å². The highest BCUT2D eigenvalue weighted by Crippen LogP contribution is 2.48. The third kappa shape index (κ3) is 1.83. The zero-order chi connectivity index (χ0) is 10.2. The second kappa shape index (κ2) is 4.05. The van der Waals surface area contributed by atoms with Crippen molar-refractivity contribution in [2.75, 3.05) is 5.75 Å². The average Bonchev–Trinajstić information content (AvgIpc) is 2.48. The van der Waals surface area contributed by atoms with E-state index in [1.54, 1.807) is 0 Å². The Morgan fingerprint density at radius 1 is 1.36 bits per heavy atom. The molecule has 3 atom stereocenters. The molecule has 0 bridgehead atoms. The van der Waals surface area contributed by atoms with Crippen molar-refractivity contribution in [2.45, 2.75) is 57.4 Å². The molecule has 0 aromatic carbocycles. The Kier molecular flexibility index (Phi) is 3.13. The van der Waals surface area contributed by atoms with E-state index in [1.165, 1.54) is 31.4 Å². The number of nitrogens with one attached hydrogen (secondary N) is 1. The van der Waals surface area contributed by atoms with E-state index in [2.05, 4.69) is 37.8 Å². The van der Waals surface area contributed by atoms with Gasteiger partial charge in [-0.25, -0.2) is 0 Å². The zero-order valence-electron chi connectivity index (χ0n) is 9.68. The molecular formula is C12H23NS. The lowest BCUT2D eigenvalue weighted by atomic mass is 9.77. The minimum atomic E-state index is 0.450. The van der Waals surface area contributed by atoms with Crippen LogP contribution in [0.3, 0.4) is 0 Å². The highest BCUT2D eigenvalue weighted by atomic mass is 32.2. The summed E-state index contributed by atoms with van der Waals surface area (Å²) in [7, 11) is 0. The van der Waals surface area contributed by atoms with E-state index in [0.29, 0.717) is 4.87 Å². The molecule has 0 aromatic rings. The Labute approximate surface area is 92.4 Å². The van der Waals surface area contributed by atoms with Gasteiger partial charge in [0, 0.05) is 11.8 Å². The van der Waals surface area contributed by atoms with Crippen LogP contribution in [0.1, 0.15) is 46.5 Å². The summed E-state index contributed by atoms with van der Waals surface area (Å²) in [5, 5.41) is 3.86. The molecule has 0 amide bonds. The van der Waals surface area contributed by atoms with Crippen LogP contribution in [-0.4, -0.2) is 16.7 Å². The van der Waals surface area contributed by atoms with Crippen molar-refractivity contribution in [3.63, 3.8) is 0 Å². The highest BCUT2D eigenvalue weighted by molar-refractivity contribution is 8.00. The zero-order valence-corrected chi connectivity index (χ0v) is 10.5. The molecule has 82 valence electrons. The first-order valence-electron chi connectivity index (χ1n) is 6.06. The highest BCUT2D eigenvalue weighted by Gasteiger charge is 2.46. The smallest absolute Gasteiger partial charge is 0.0678 e. The van der Waals surface area contributed by atoms with Gasteiger partial charge < -0.3 is 0 Å². The molecule has 2 aliphatic rings. The van der Waals surface area contributed by atoms with Gasteiger partial charge in [0.2, 0.25) is 0 Å². The van der Waals surface area contributed by atoms with Gasteiger partial charge in [0.05, 0.1) is 4.87 Å². The van der Waals surface area contributed by atoms with E-state index in [1.807, 2.05) is 0 Å². The predicted octanol–water partition coefficient (Wildman–Crippen LogP) is 3.25. The third-order valence-corrected chi connectivity index (χ3v) is 5.61. The molecule has 2 fully saturated rings. The molecule has 2 rings (SSSR count). The fraction of sp³-hybridized carbons (Fsp3) is 1.00. The van der Waals surface area contributed by atoms with Crippen LogP contribution in [0, 0.1) is 11.8 Å². The van der Waals surface area contributed by atoms with Crippen molar-refractivity contribution in [1.29, 1.82) is 0 Å². The first-order chi connectivity index (χ1) is 6.64. The summed E-state index contributed by atoms with van der Waals surface area (Å²) in [5.74, 6) is 3.04. The Morgan fingerprint density at radius 2 is 2.14 bits per heavy atom. The first kappa shape index (κ1) is 10.8. The molecule has 1 nitrogen and oxygen atoms in total. The van der Waals surface area contributed by atoms with Crippen molar-refractivity contribution in [1.82, 2.24) is 5.32 Å². The van der Waals surface area contributed by atoms with Crippen LogP contribution in [0.5, 0.6) is 0 Å². The molecule has 3 unspecified atom stereocenters. The second-order valence-electron chi connectivity index (χ2n) is 5.34. The lowest BCUT2D eigenvalue weighted by molar-refractivity contribution is 0.179. The fourth-order valence-electron chi connectivity index (χ4n) is 3.17. The molecule has 1 saturated heterocycles. The summed E-state index contributed by atoms with van der Waals surface area (Å²) in [4.78, 5) is 0.450. The van der Waals surface area contributed by atoms with Crippen LogP contribution < -0.4 is 5.32 Å². The molecule has 0 radical (unpaired) electrons. The molecule has 1 heterocycles. The summed E-state index contributed by atoms with van der Waals surface area (Å²) in [5.41, 5.74) is 0. The Balaban J connectivity index is 2.13. The monoisotopic (exact) mass is 213 g/mol. The van der Waals surface area contributed by atoms with Gasteiger partial charge in [0.15, 0.2) is 0 Å². The fourth-order valence-corrected chi connectivity index (χ4v) is 4.98. The van der Waals surface area contributed by atoms with E-state index in [-0.39, 0.29) is 0 Å². The molecule has 2 heteroatoms. The van der Waals surface area contributed by atoms with Crippen LogP contribution in [0.4, 0.5) is 0 Å². The Morgan fingerprint density at radius 3 is 2.71 bits per heavy atom.